The lowest BCUT2D eigenvalue weighted by molar-refractivity contribution is -0.131. The molecule has 0 spiro atoms. The Morgan fingerprint density at radius 2 is 1.89 bits per heavy atom. The fourth-order valence-electron chi connectivity index (χ4n) is 5.38. The van der Waals surface area contributed by atoms with Crippen molar-refractivity contribution in [3.8, 4) is 0 Å². The minimum Gasteiger partial charge on any atom is -0.353 e. The molecule has 1 aromatic carbocycles. The molecule has 1 aliphatic heterocycles. The van der Waals surface area contributed by atoms with Gasteiger partial charge in [0, 0.05) is 36.9 Å². The van der Waals surface area contributed by atoms with Crippen molar-refractivity contribution in [2.75, 3.05) is 27.2 Å². The molecule has 2 aromatic rings. The first-order valence-corrected chi connectivity index (χ1v) is 13.5. The molecule has 1 saturated carbocycles. The van der Waals surface area contributed by atoms with Gasteiger partial charge < -0.3 is 10.2 Å². The molecule has 4 rings (SSSR count). The molecule has 0 radical (unpaired) electrons. The van der Waals surface area contributed by atoms with Gasteiger partial charge in [0.25, 0.3) is 0 Å². The smallest absolute Gasteiger partial charge is 0.222 e. The highest BCUT2D eigenvalue weighted by molar-refractivity contribution is 7.10. The number of benzene rings is 1. The fraction of sp³-hybridized carbons (Fsp3) is 0.500. The van der Waals surface area contributed by atoms with Crippen LogP contribution in [-0.4, -0.2) is 54.8 Å². The summed E-state index contributed by atoms with van der Waals surface area (Å²) in [6.07, 6.45) is 8.16. The van der Waals surface area contributed by atoms with Crippen LogP contribution in [0.5, 0.6) is 0 Å². The van der Waals surface area contributed by atoms with Gasteiger partial charge in [-0.1, -0.05) is 24.3 Å². The van der Waals surface area contributed by atoms with Gasteiger partial charge in [-0.3, -0.25) is 14.5 Å². The lowest BCUT2D eigenvalue weighted by Crippen LogP contribution is -2.48. The van der Waals surface area contributed by atoms with E-state index in [0.29, 0.717) is 32.4 Å². The van der Waals surface area contributed by atoms with Crippen LogP contribution < -0.4 is 5.32 Å². The molecule has 1 fully saturated rings. The molecule has 1 aromatic heterocycles. The average molecular weight is 498 g/mol. The summed E-state index contributed by atoms with van der Waals surface area (Å²) >= 11 is 1.81. The zero-order valence-electron chi connectivity index (χ0n) is 20.8. The van der Waals surface area contributed by atoms with Crippen LogP contribution in [0.15, 0.2) is 47.9 Å². The third-order valence-corrected chi connectivity index (χ3v) is 8.65. The number of carbonyl (C=O) groups excluding carboxylic acids is 2. The van der Waals surface area contributed by atoms with Crippen LogP contribution in [0.1, 0.15) is 61.8 Å². The number of hydrogen-bond donors (Lipinski definition) is 1. The summed E-state index contributed by atoms with van der Waals surface area (Å²) in [4.78, 5) is 30.7. The quantitative estimate of drug-likeness (QED) is 0.546. The van der Waals surface area contributed by atoms with Crippen LogP contribution in [0.4, 0.5) is 4.39 Å². The Morgan fingerprint density at radius 3 is 2.49 bits per heavy atom. The molecule has 0 saturated heterocycles. The number of halogens is 1. The van der Waals surface area contributed by atoms with Gasteiger partial charge in [0.1, 0.15) is 5.82 Å². The van der Waals surface area contributed by atoms with Crippen LogP contribution in [-0.2, 0) is 15.1 Å². The Morgan fingerprint density at radius 1 is 1.14 bits per heavy atom. The Kier molecular flexibility index (Phi) is 8.39. The molecule has 0 bridgehead atoms. The highest BCUT2D eigenvalue weighted by atomic mass is 32.1. The lowest BCUT2D eigenvalue weighted by Gasteiger charge is -2.44. The molecule has 7 heteroatoms. The Labute approximate surface area is 212 Å². The van der Waals surface area contributed by atoms with Crippen LogP contribution in [0.2, 0.25) is 0 Å². The predicted molar refractivity (Wildman–Crippen MR) is 140 cm³/mol. The Hall–Kier alpha value is -2.51. The third kappa shape index (κ3) is 6.19. The van der Waals surface area contributed by atoms with Gasteiger partial charge >= 0.3 is 0 Å². The van der Waals surface area contributed by atoms with E-state index in [1.807, 2.05) is 22.3 Å². The zero-order valence-corrected chi connectivity index (χ0v) is 21.6. The first-order valence-electron chi connectivity index (χ1n) is 12.6. The van der Waals surface area contributed by atoms with Crippen molar-refractivity contribution in [2.45, 2.75) is 62.9 Å². The number of nitrogens with one attached hydrogen (secondary N) is 1. The summed E-state index contributed by atoms with van der Waals surface area (Å²) in [7, 11) is 4.30. The zero-order chi connectivity index (χ0) is 24.8. The van der Waals surface area contributed by atoms with Crippen molar-refractivity contribution in [3.05, 3.63) is 64.1 Å². The van der Waals surface area contributed by atoms with Crippen LogP contribution in [0.25, 0.3) is 5.57 Å². The third-order valence-electron chi connectivity index (χ3n) is 7.59. The summed E-state index contributed by atoms with van der Waals surface area (Å²) in [5, 5.41) is 5.35. The summed E-state index contributed by atoms with van der Waals surface area (Å²) in [6, 6.07) is 11.1. The Balaban J connectivity index is 1.17. The summed E-state index contributed by atoms with van der Waals surface area (Å²) in [5.74, 6) is -0.0976. The number of nitrogens with zero attached hydrogens (tertiary/aromatic N) is 2. The van der Waals surface area contributed by atoms with Gasteiger partial charge in [-0.25, -0.2) is 4.39 Å². The van der Waals surface area contributed by atoms with Crippen molar-refractivity contribution in [1.82, 2.24) is 15.1 Å². The molecule has 1 N–H and O–H groups in total. The molecule has 0 unspecified atom stereocenters. The van der Waals surface area contributed by atoms with Crippen molar-refractivity contribution in [2.24, 2.45) is 0 Å². The van der Waals surface area contributed by atoms with E-state index in [1.165, 1.54) is 17.0 Å². The van der Waals surface area contributed by atoms with E-state index in [9.17, 15) is 14.0 Å². The maximum Gasteiger partial charge on any atom is 0.222 e. The molecule has 1 aliphatic carbocycles. The fourth-order valence-corrected chi connectivity index (χ4v) is 6.44. The maximum atomic E-state index is 13.1. The van der Waals surface area contributed by atoms with Crippen LogP contribution in [0.3, 0.4) is 0 Å². The molecule has 5 nitrogen and oxygen atoms in total. The van der Waals surface area contributed by atoms with Crippen molar-refractivity contribution < 1.29 is 14.0 Å². The van der Waals surface area contributed by atoms with Gasteiger partial charge in [0.2, 0.25) is 11.8 Å². The standard InChI is InChI=1S/C28H36FN3O2S/c1-31(2)28(25-5-4-20-35-25)16-12-24(13-17-28)30-26(33)6-3-7-27(34)32-18-14-22(15-19-32)21-8-10-23(29)11-9-21/h4-5,8-11,14,20,24H,3,6-7,12-13,15-19H2,1-2H3,(H,30,33). The van der Waals surface area contributed by atoms with Crippen molar-refractivity contribution >= 4 is 28.7 Å². The number of amides is 2. The number of rotatable bonds is 8. The summed E-state index contributed by atoms with van der Waals surface area (Å²) < 4.78 is 13.1. The maximum absolute atomic E-state index is 13.1. The molecule has 2 amide bonds. The normalized spacial score (nSPS) is 22.7. The minimum absolute atomic E-state index is 0.0495. The number of carbonyl (C=O) groups is 2. The molecule has 2 heterocycles. The molecule has 188 valence electrons. The highest BCUT2D eigenvalue weighted by Crippen LogP contribution is 2.43. The topological polar surface area (TPSA) is 52.7 Å². The van der Waals surface area contributed by atoms with Gasteiger partial charge in [0.15, 0.2) is 0 Å². The molecular weight excluding hydrogens is 461 g/mol. The Bertz CT molecular complexity index is 1020. The largest absolute Gasteiger partial charge is 0.353 e. The first kappa shape index (κ1) is 25.6. The molecule has 2 aliphatic rings. The van der Waals surface area contributed by atoms with E-state index in [4.69, 9.17) is 0 Å². The average Bonchev–Trinajstić information content (AvgIpc) is 3.40. The van der Waals surface area contributed by atoms with E-state index in [2.05, 4.69) is 41.8 Å². The van der Waals surface area contributed by atoms with Gasteiger partial charge in [-0.15, -0.1) is 11.3 Å². The number of thiophene rings is 1. The minimum atomic E-state index is -0.241. The van der Waals surface area contributed by atoms with Crippen LogP contribution >= 0.6 is 11.3 Å². The number of hydrogen-bond acceptors (Lipinski definition) is 4. The second-order valence-corrected chi connectivity index (χ2v) is 10.9. The predicted octanol–water partition coefficient (Wildman–Crippen LogP) is 5.19. The van der Waals surface area contributed by atoms with Crippen molar-refractivity contribution in [1.29, 1.82) is 0 Å². The highest BCUT2D eigenvalue weighted by Gasteiger charge is 2.39. The van der Waals surface area contributed by atoms with E-state index >= 15 is 0 Å². The van der Waals surface area contributed by atoms with E-state index in [-0.39, 0.29) is 29.2 Å². The van der Waals surface area contributed by atoms with Gasteiger partial charge in [-0.2, -0.15) is 0 Å². The summed E-state index contributed by atoms with van der Waals surface area (Å²) in [5.41, 5.74) is 2.23. The first-order chi connectivity index (χ1) is 16.9. The van der Waals surface area contributed by atoms with Crippen LogP contribution in [0, 0.1) is 5.82 Å². The monoisotopic (exact) mass is 497 g/mol. The van der Waals surface area contributed by atoms with E-state index < -0.39 is 0 Å². The SMILES string of the molecule is CN(C)C1(c2cccs2)CCC(NC(=O)CCCC(=O)N2CC=C(c3ccc(F)cc3)CC2)CC1. The molecular formula is C28H36FN3O2S. The van der Waals surface area contributed by atoms with Gasteiger partial charge in [-0.05, 0) is 87.3 Å². The second-order valence-electron chi connectivity index (χ2n) is 9.92. The van der Waals surface area contributed by atoms with E-state index in [0.717, 1.165) is 43.2 Å². The van der Waals surface area contributed by atoms with E-state index in [1.54, 1.807) is 12.1 Å². The second kappa shape index (κ2) is 11.5. The van der Waals surface area contributed by atoms with Crippen molar-refractivity contribution in [3.63, 3.8) is 0 Å². The molecule has 0 atom stereocenters. The summed E-state index contributed by atoms with van der Waals surface area (Å²) in [6.45, 7) is 1.23. The lowest BCUT2D eigenvalue weighted by atomic mass is 9.77. The van der Waals surface area contributed by atoms with Gasteiger partial charge in [0.05, 0.1) is 5.54 Å². The molecule has 35 heavy (non-hydrogen) atoms.